The summed E-state index contributed by atoms with van der Waals surface area (Å²) < 4.78 is 14.5. The fraction of sp³-hybridized carbons (Fsp3) is 0.449. The molecule has 1 aliphatic heterocycles. The van der Waals surface area contributed by atoms with E-state index in [-0.39, 0.29) is 12.3 Å². The second-order valence-electron chi connectivity index (χ2n) is 13.5. The van der Waals surface area contributed by atoms with E-state index >= 15 is 0 Å². The molecule has 0 spiro atoms. The first kappa shape index (κ1) is 49.7. The van der Waals surface area contributed by atoms with Crippen LogP contribution in [0.5, 0.6) is 5.75 Å². The Kier molecular flexibility index (Phi) is 28.2. The van der Waals surface area contributed by atoms with Crippen molar-refractivity contribution in [2.24, 2.45) is 0 Å². The first-order valence-electron chi connectivity index (χ1n) is 20.7. The van der Waals surface area contributed by atoms with Crippen LogP contribution >= 0.6 is 11.3 Å². The number of rotatable bonds is 16. The lowest BCUT2D eigenvalue weighted by Crippen LogP contribution is -2.46. The molecule has 0 bridgehead atoms. The van der Waals surface area contributed by atoms with E-state index in [4.69, 9.17) is 9.47 Å². The largest absolute Gasteiger partial charge is 0.494 e. The minimum atomic E-state index is -0.104. The highest BCUT2D eigenvalue weighted by atomic mass is 32.1. The Balaban J connectivity index is 0.000000650. The van der Waals surface area contributed by atoms with Gasteiger partial charge in [-0.05, 0) is 99.2 Å². The second kappa shape index (κ2) is 31.8. The Hall–Kier alpha value is -4.33. The molecule has 1 saturated heterocycles. The minimum Gasteiger partial charge on any atom is -0.494 e. The fourth-order valence-electron chi connectivity index (χ4n) is 5.48. The van der Waals surface area contributed by atoms with Gasteiger partial charge in [0.05, 0.1) is 17.9 Å². The predicted molar refractivity (Wildman–Crippen MR) is 250 cm³/mol. The Morgan fingerprint density at radius 1 is 0.804 bits per heavy atom. The Morgan fingerprint density at radius 3 is 2.02 bits per heavy atom. The van der Waals surface area contributed by atoms with E-state index in [0.717, 1.165) is 87.9 Å². The molecule has 1 fully saturated rings. The smallest absolute Gasteiger partial charge is 0.253 e. The van der Waals surface area contributed by atoms with Gasteiger partial charge in [-0.15, -0.1) is 24.5 Å². The summed E-state index contributed by atoms with van der Waals surface area (Å²) in [7, 11) is 0. The van der Waals surface area contributed by atoms with Crippen LogP contribution in [0.4, 0.5) is 5.69 Å². The average Bonchev–Trinajstić information content (AvgIpc) is 3.69. The van der Waals surface area contributed by atoms with Crippen molar-refractivity contribution in [3.8, 4) is 5.75 Å². The number of ether oxygens (including phenoxy) is 2. The number of pyridine rings is 1. The van der Waals surface area contributed by atoms with Crippen LogP contribution in [-0.2, 0) is 11.5 Å². The van der Waals surface area contributed by atoms with Crippen molar-refractivity contribution in [1.29, 1.82) is 0 Å². The number of benzene rings is 2. The summed E-state index contributed by atoms with van der Waals surface area (Å²) in [5, 5.41) is 4.53. The number of hydrogen-bond acceptors (Lipinski definition) is 6. The third-order valence-electron chi connectivity index (χ3n) is 8.14. The fourth-order valence-corrected chi connectivity index (χ4v) is 6.29. The van der Waals surface area contributed by atoms with Gasteiger partial charge in [-0.25, -0.2) is 0 Å². The molecule has 0 aliphatic carbocycles. The summed E-state index contributed by atoms with van der Waals surface area (Å²) >= 11 is 1.81. The van der Waals surface area contributed by atoms with Crippen LogP contribution in [0.1, 0.15) is 99.8 Å². The molecule has 0 amide bonds. The number of unbranched alkanes of at least 4 members (excludes halogenated alkanes) is 1. The van der Waals surface area contributed by atoms with Gasteiger partial charge in [-0.2, -0.15) is 0 Å². The molecule has 0 saturated carbocycles. The molecule has 0 atom stereocenters. The number of thiophene rings is 1. The SMILES string of the molecule is C=C(C)OCn1c(=O)ccc2ccc(OCCCCN3CCN(c4cccc5sccc45)CC3)cc21.C=CC/C=C\CC.C=CC/C=C\CC.CCC.CCC. The summed E-state index contributed by atoms with van der Waals surface area (Å²) in [6.45, 7) is 31.7. The molecule has 0 N–H and O–H groups in total. The highest BCUT2D eigenvalue weighted by molar-refractivity contribution is 7.17. The molecule has 7 heteroatoms. The second-order valence-corrected chi connectivity index (χ2v) is 14.5. The van der Waals surface area contributed by atoms with E-state index < -0.39 is 0 Å². The molecule has 0 unspecified atom stereocenters. The van der Waals surface area contributed by atoms with E-state index in [9.17, 15) is 4.79 Å². The van der Waals surface area contributed by atoms with E-state index in [2.05, 4.69) is 125 Å². The molecular weight excluding hydrogens is 711 g/mol. The topological polar surface area (TPSA) is 46.9 Å². The lowest BCUT2D eigenvalue weighted by Gasteiger charge is -2.36. The van der Waals surface area contributed by atoms with E-state index in [1.165, 1.54) is 28.6 Å². The van der Waals surface area contributed by atoms with Crippen LogP contribution in [0.25, 0.3) is 21.0 Å². The van der Waals surface area contributed by atoms with Gasteiger partial charge >= 0.3 is 0 Å². The Bertz CT molecular complexity index is 1740. The van der Waals surface area contributed by atoms with Gasteiger partial charge in [0.15, 0.2) is 6.73 Å². The van der Waals surface area contributed by atoms with Gasteiger partial charge in [-0.3, -0.25) is 14.3 Å². The third-order valence-corrected chi connectivity index (χ3v) is 9.02. The summed E-state index contributed by atoms with van der Waals surface area (Å²) in [4.78, 5) is 17.4. The molecule has 4 aromatic rings. The Morgan fingerprint density at radius 2 is 1.43 bits per heavy atom. The molecule has 0 radical (unpaired) electrons. The first-order chi connectivity index (χ1) is 27.2. The molecule has 2 aromatic heterocycles. The highest BCUT2D eigenvalue weighted by Crippen LogP contribution is 2.31. The lowest BCUT2D eigenvalue weighted by atomic mass is 10.2. The van der Waals surface area contributed by atoms with Crippen molar-refractivity contribution in [3.63, 3.8) is 0 Å². The number of aromatic nitrogens is 1. The lowest BCUT2D eigenvalue weighted by molar-refractivity contribution is 0.148. The van der Waals surface area contributed by atoms with Crippen molar-refractivity contribution < 1.29 is 9.47 Å². The van der Waals surface area contributed by atoms with Crippen molar-refractivity contribution >= 4 is 38.0 Å². The molecule has 3 heterocycles. The summed E-state index contributed by atoms with van der Waals surface area (Å²) in [6.07, 6.45) is 21.2. The molecule has 6 nitrogen and oxygen atoms in total. The van der Waals surface area contributed by atoms with Crippen LogP contribution in [-0.4, -0.2) is 48.8 Å². The highest BCUT2D eigenvalue weighted by Gasteiger charge is 2.18. The number of allylic oxidation sites excluding steroid dienone is 7. The van der Waals surface area contributed by atoms with Crippen molar-refractivity contribution in [2.75, 3.05) is 44.2 Å². The molecule has 2 aromatic carbocycles. The molecule has 1 aliphatic rings. The van der Waals surface area contributed by atoms with Gasteiger partial charge in [-0.1, -0.05) is 103 Å². The van der Waals surface area contributed by atoms with Gasteiger partial charge in [0.2, 0.25) is 0 Å². The normalized spacial score (nSPS) is 12.4. The molecular formula is C49H73N3O3S. The maximum atomic E-state index is 12.4. The van der Waals surface area contributed by atoms with Crippen LogP contribution in [0, 0.1) is 0 Å². The summed E-state index contributed by atoms with van der Waals surface area (Å²) in [5.41, 5.74) is 2.07. The first-order valence-corrected chi connectivity index (χ1v) is 21.6. The van der Waals surface area contributed by atoms with Crippen LogP contribution in [0.2, 0.25) is 0 Å². The van der Waals surface area contributed by atoms with Crippen LogP contribution in [0.15, 0.2) is 127 Å². The van der Waals surface area contributed by atoms with Gasteiger partial charge in [0.25, 0.3) is 5.56 Å². The number of hydrogen-bond donors (Lipinski definition) is 0. The quantitative estimate of drug-likeness (QED) is 0.0643. The van der Waals surface area contributed by atoms with E-state index in [0.29, 0.717) is 12.4 Å². The van der Waals surface area contributed by atoms with E-state index in [1.807, 2.05) is 47.8 Å². The summed E-state index contributed by atoms with van der Waals surface area (Å²) in [5.74, 6) is 1.35. The monoisotopic (exact) mass is 784 g/mol. The van der Waals surface area contributed by atoms with Gasteiger partial charge in [0, 0.05) is 54.1 Å². The van der Waals surface area contributed by atoms with Gasteiger partial charge < -0.3 is 14.4 Å². The minimum absolute atomic E-state index is 0.104. The molecule has 308 valence electrons. The van der Waals surface area contributed by atoms with Crippen molar-refractivity contribution in [1.82, 2.24) is 9.47 Å². The number of nitrogens with zero attached hydrogens (tertiary/aromatic N) is 3. The molecule has 56 heavy (non-hydrogen) atoms. The van der Waals surface area contributed by atoms with E-state index in [1.54, 1.807) is 17.6 Å². The zero-order valence-corrected chi connectivity index (χ0v) is 36.8. The Labute approximate surface area is 344 Å². The number of fused-ring (bicyclic) bond motifs is 2. The van der Waals surface area contributed by atoms with Crippen molar-refractivity contribution in [3.05, 3.63) is 132 Å². The average molecular weight is 784 g/mol. The predicted octanol–water partition coefficient (Wildman–Crippen LogP) is 13.6. The van der Waals surface area contributed by atoms with Crippen LogP contribution in [0.3, 0.4) is 0 Å². The van der Waals surface area contributed by atoms with Gasteiger partial charge in [0.1, 0.15) is 5.75 Å². The molecule has 5 rings (SSSR count). The maximum absolute atomic E-state index is 12.4. The van der Waals surface area contributed by atoms with Crippen LogP contribution < -0.4 is 15.2 Å². The zero-order chi connectivity index (χ0) is 41.4. The zero-order valence-electron chi connectivity index (χ0n) is 35.9. The number of anilines is 1. The maximum Gasteiger partial charge on any atom is 0.253 e. The standard InChI is InChI=1S/C29H33N3O3S.2C7H12.2C3H8/c1-22(2)35-21-32-27-20-24(10-8-23(27)9-11-29(32)33)34-18-4-3-13-30-14-16-31(17-15-30)26-6-5-7-28-25(26)12-19-36-28;2*1-3-5-7-6-4-2;2*1-3-2/h5-12,19-20H,1,3-4,13-18,21H2,2H3;2*3,6-7H,1,4-5H2,2H3;2*3H2,1-2H3/b;2*7-6-;;. The van der Waals surface area contributed by atoms with Crippen molar-refractivity contribution in [2.45, 2.75) is 107 Å². The summed E-state index contributed by atoms with van der Waals surface area (Å²) in [6, 6.07) is 18.1. The third kappa shape index (κ3) is 20.0. The number of piperazine rings is 1.